The molecule has 1 heterocycles. The Morgan fingerprint density at radius 1 is 1.18 bits per heavy atom. The van der Waals surface area contributed by atoms with Gasteiger partial charge >= 0.3 is 5.97 Å². The van der Waals surface area contributed by atoms with Crippen molar-refractivity contribution >= 4 is 17.7 Å². The Kier molecular flexibility index (Phi) is 4.02. The molecule has 98 valence electrons. The van der Waals surface area contributed by atoms with Crippen LogP contribution in [0.15, 0.2) is 10.5 Å². The van der Waals surface area contributed by atoms with Gasteiger partial charge in [0.2, 0.25) is 0 Å². The molecule has 1 rings (SSSR count). The third kappa shape index (κ3) is 3.51. The first kappa shape index (κ1) is 14.6. The summed E-state index contributed by atoms with van der Waals surface area (Å²) in [6, 6.07) is 0. The lowest BCUT2D eigenvalue weighted by Crippen LogP contribution is -2.23. The molecule has 0 N–H and O–H groups in total. The van der Waals surface area contributed by atoms with E-state index in [1.807, 2.05) is 6.92 Å². The number of ether oxygens (including phenoxy) is 1. The Morgan fingerprint density at radius 3 is 2.00 bits per heavy atom. The Hall–Kier alpha value is -0.440. The minimum Gasteiger partial charge on any atom is -0.465 e. The molecular formula is C14H24O2S. The van der Waals surface area contributed by atoms with E-state index in [-0.39, 0.29) is 22.0 Å². The first-order valence-electron chi connectivity index (χ1n) is 6.17. The van der Waals surface area contributed by atoms with Crippen molar-refractivity contribution in [3.05, 3.63) is 10.5 Å². The minimum absolute atomic E-state index is 0.0524. The van der Waals surface area contributed by atoms with E-state index in [1.165, 1.54) is 10.5 Å². The first-order chi connectivity index (χ1) is 7.59. The largest absolute Gasteiger partial charge is 0.465 e. The highest BCUT2D eigenvalue weighted by Gasteiger charge is 2.46. The number of carbonyl (C=O) groups is 1. The van der Waals surface area contributed by atoms with Crippen molar-refractivity contribution < 1.29 is 9.53 Å². The van der Waals surface area contributed by atoms with Gasteiger partial charge in [0.25, 0.3) is 0 Å². The van der Waals surface area contributed by atoms with Crippen molar-refractivity contribution in [2.24, 2.45) is 10.8 Å². The van der Waals surface area contributed by atoms with E-state index in [0.29, 0.717) is 6.61 Å². The second-order valence-corrected chi connectivity index (χ2v) is 7.64. The van der Waals surface area contributed by atoms with Gasteiger partial charge in [-0.3, -0.25) is 4.79 Å². The van der Waals surface area contributed by atoms with E-state index in [4.69, 9.17) is 4.74 Å². The monoisotopic (exact) mass is 256 g/mol. The average Bonchev–Trinajstić information content (AvgIpc) is 2.78. The van der Waals surface area contributed by atoms with Gasteiger partial charge in [-0.15, -0.1) is 11.8 Å². The van der Waals surface area contributed by atoms with Crippen molar-refractivity contribution in [1.82, 2.24) is 0 Å². The zero-order valence-corrected chi connectivity index (χ0v) is 12.8. The zero-order chi connectivity index (χ0) is 13.4. The molecule has 1 unspecified atom stereocenters. The molecule has 1 aliphatic rings. The fourth-order valence-corrected chi connectivity index (χ4v) is 3.81. The van der Waals surface area contributed by atoms with Crippen LogP contribution in [0, 0.1) is 10.8 Å². The lowest BCUT2D eigenvalue weighted by atomic mass is 9.71. The molecule has 1 aliphatic heterocycles. The van der Waals surface area contributed by atoms with Crippen molar-refractivity contribution in [3.63, 3.8) is 0 Å². The molecule has 0 bridgehead atoms. The van der Waals surface area contributed by atoms with Crippen LogP contribution in [0.4, 0.5) is 0 Å². The second-order valence-electron chi connectivity index (χ2n) is 6.49. The summed E-state index contributed by atoms with van der Waals surface area (Å²) in [7, 11) is 0. The number of esters is 1. The lowest BCUT2D eigenvalue weighted by molar-refractivity contribution is -0.141. The molecule has 1 saturated heterocycles. The number of allylic oxidation sites excluding steroid dienone is 1. The first-order valence-corrected chi connectivity index (χ1v) is 7.05. The summed E-state index contributed by atoms with van der Waals surface area (Å²) < 4.78 is 5.08. The highest BCUT2D eigenvalue weighted by Crippen LogP contribution is 2.56. The molecule has 1 atom stereocenters. The van der Waals surface area contributed by atoms with Gasteiger partial charge in [-0.1, -0.05) is 41.5 Å². The Morgan fingerprint density at radius 2 is 1.65 bits per heavy atom. The summed E-state index contributed by atoms with van der Waals surface area (Å²) in [6.07, 6.45) is 0. The molecule has 0 saturated carbocycles. The van der Waals surface area contributed by atoms with Gasteiger partial charge in [0.15, 0.2) is 0 Å². The number of hydrogen-bond acceptors (Lipinski definition) is 3. The van der Waals surface area contributed by atoms with Gasteiger partial charge in [-0.05, 0) is 23.3 Å². The van der Waals surface area contributed by atoms with Gasteiger partial charge < -0.3 is 4.74 Å². The smallest absolute Gasteiger partial charge is 0.324 e. The van der Waals surface area contributed by atoms with E-state index in [2.05, 4.69) is 41.5 Å². The van der Waals surface area contributed by atoms with Crippen LogP contribution in [0.3, 0.4) is 0 Å². The number of rotatable bonds is 2. The molecule has 1 fully saturated rings. The third-order valence-corrected chi connectivity index (χ3v) is 3.78. The maximum atomic E-state index is 11.7. The predicted octanol–water partition coefficient (Wildman–Crippen LogP) is 4.01. The van der Waals surface area contributed by atoms with Gasteiger partial charge in [0.05, 0.1) is 6.61 Å². The van der Waals surface area contributed by atoms with E-state index in [1.54, 1.807) is 11.8 Å². The summed E-state index contributed by atoms with van der Waals surface area (Å²) in [5, 5.41) is -0.0524. The van der Waals surface area contributed by atoms with Crippen LogP contribution in [0.5, 0.6) is 0 Å². The van der Waals surface area contributed by atoms with Crippen LogP contribution < -0.4 is 0 Å². The van der Waals surface area contributed by atoms with E-state index in [0.717, 1.165) is 0 Å². The number of carbonyl (C=O) groups excluding carboxylic acids is 1. The van der Waals surface area contributed by atoms with Crippen molar-refractivity contribution in [3.8, 4) is 0 Å². The van der Waals surface area contributed by atoms with Crippen LogP contribution in [0.1, 0.15) is 48.5 Å². The molecule has 0 aliphatic carbocycles. The maximum Gasteiger partial charge on any atom is 0.324 e. The third-order valence-electron chi connectivity index (χ3n) is 2.67. The van der Waals surface area contributed by atoms with Crippen molar-refractivity contribution in [2.75, 3.05) is 6.61 Å². The number of hydrogen-bond donors (Lipinski definition) is 0. The molecule has 2 nitrogen and oxygen atoms in total. The van der Waals surface area contributed by atoms with E-state index in [9.17, 15) is 4.79 Å². The Bertz CT molecular complexity index is 326. The summed E-state index contributed by atoms with van der Waals surface area (Å²) in [4.78, 5) is 12.9. The zero-order valence-electron chi connectivity index (χ0n) is 12.0. The van der Waals surface area contributed by atoms with E-state index < -0.39 is 0 Å². The summed E-state index contributed by atoms with van der Waals surface area (Å²) >= 11 is 1.65. The summed E-state index contributed by atoms with van der Waals surface area (Å²) in [6.45, 7) is 15.6. The van der Waals surface area contributed by atoms with Gasteiger partial charge in [0, 0.05) is 4.91 Å². The molecule has 0 aromatic heterocycles. The highest BCUT2D eigenvalue weighted by molar-refractivity contribution is 8.12. The van der Waals surface area contributed by atoms with Crippen LogP contribution in [-0.4, -0.2) is 17.8 Å². The van der Waals surface area contributed by atoms with Crippen LogP contribution >= 0.6 is 11.8 Å². The Balaban J connectivity index is 2.99. The number of thioether (sulfide) groups is 1. The van der Waals surface area contributed by atoms with Crippen molar-refractivity contribution in [2.45, 2.75) is 53.7 Å². The topological polar surface area (TPSA) is 26.3 Å². The molecule has 0 spiro atoms. The van der Waals surface area contributed by atoms with Crippen molar-refractivity contribution in [1.29, 1.82) is 0 Å². The molecule has 3 heteroatoms. The molecule has 0 radical (unpaired) electrons. The van der Waals surface area contributed by atoms with Gasteiger partial charge in [-0.2, -0.15) is 0 Å². The van der Waals surface area contributed by atoms with E-state index >= 15 is 0 Å². The second kappa shape index (κ2) is 4.68. The quantitative estimate of drug-likeness (QED) is 0.551. The predicted molar refractivity (Wildman–Crippen MR) is 73.9 cm³/mol. The highest BCUT2D eigenvalue weighted by atomic mass is 32.2. The molecule has 0 aromatic carbocycles. The summed E-state index contributed by atoms with van der Waals surface area (Å²) in [5.41, 5.74) is 1.58. The molecule has 17 heavy (non-hydrogen) atoms. The average molecular weight is 256 g/mol. The van der Waals surface area contributed by atoms with Gasteiger partial charge in [0.1, 0.15) is 5.25 Å². The minimum atomic E-state index is -0.0847. The van der Waals surface area contributed by atoms with Crippen LogP contribution in [0.2, 0.25) is 0 Å². The van der Waals surface area contributed by atoms with Crippen LogP contribution in [-0.2, 0) is 9.53 Å². The SMILES string of the molecule is CCOC(=O)C1SC1=C(C(C)(C)C)C(C)(C)C. The summed E-state index contributed by atoms with van der Waals surface area (Å²) in [5.74, 6) is -0.0847. The molecule has 0 amide bonds. The lowest BCUT2D eigenvalue weighted by Gasteiger charge is -2.33. The maximum absolute atomic E-state index is 11.7. The fraction of sp³-hybridized carbons (Fsp3) is 0.786. The molecule has 0 aromatic rings. The fourth-order valence-electron chi connectivity index (χ4n) is 2.52. The van der Waals surface area contributed by atoms with Gasteiger partial charge in [-0.25, -0.2) is 0 Å². The standard InChI is InChI=1S/C14H24O2S/c1-8-16-12(15)10-9(17-10)11(13(2,3)4)14(5,6)7/h10H,8H2,1-7H3. The molecular weight excluding hydrogens is 232 g/mol. The Labute approximate surface area is 109 Å². The normalized spacial score (nSPS) is 20.2. The van der Waals surface area contributed by atoms with Crippen LogP contribution in [0.25, 0.3) is 0 Å².